The third-order valence-corrected chi connectivity index (χ3v) is 3.54. The predicted molar refractivity (Wildman–Crippen MR) is 77.4 cm³/mol. The molecule has 0 aliphatic carbocycles. The summed E-state index contributed by atoms with van der Waals surface area (Å²) in [5, 5.41) is 8.22. The summed E-state index contributed by atoms with van der Waals surface area (Å²) < 4.78 is 39.3. The number of alkyl halides is 3. The van der Waals surface area contributed by atoms with Gasteiger partial charge in [0, 0.05) is 24.2 Å². The van der Waals surface area contributed by atoms with E-state index >= 15 is 0 Å². The summed E-state index contributed by atoms with van der Waals surface area (Å²) in [6.07, 6.45) is -2.65. The molecular formula is C14H12F3N5O2. The van der Waals surface area contributed by atoms with Crippen molar-refractivity contribution in [3.05, 3.63) is 35.7 Å². The summed E-state index contributed by atoms with van der Waals surface area (Å²) in [5.74, 6) is -1.04. The number of anilines is 2. The van der Waals surface area contributed by atoms with Gasteiger partial charge in [-0.25, -0.2) is 5.10 Å². The summed E-state index contributed by atoms with van der Waals surface area (Å²) in [7, 11) is 0. The number of nitrogens with one attached hydrogen (secondary N) is 2. The minimum Gasteiger partial charge on any atom is -0.312 e. The number of carbonyl (C=O) groups is 2. The molecule has 1 aromatic heterocycles. The lowest BCUT2D eigenvalue weighted by Crippen LogP contribution is -2.25. The monoisotopic (exact) mass is 339 g/mol. The Balaban J connectivity index is 1.98. The van der Waals surface area contributed by atoms with Crippen LogP contribution in [-0.2, 0) is 11.0 Å². The van der Waals surface area contributed by atoms with Gasteiger partial charge in [-0.1, -0.05) is 0 Å². The van der Waals surface area contributed by atoms with Crippen molar-refractivity contribution in [2.45, 2.75) is 19.0 Å². The van der Waals surface area contributed by atoms with Crippen LogP contribution in [0.25, 0.3) is 0 Å². The zero-order valence-corrected chi connectivity index (χ0v) is 12.2. The Kier molecular flexibility index (Phi) is 3.96. The number of rotatable bonds is 3. The summed E-state index contributed by atoms with van der Waals surface area (Å²) in [6.45, 7) is 0.323. The maximum atomic E-state index is 13.1. The van der Waals surface area contributed by atoms with E-state index < -0.39 is 17.6 Å². The van der Waals surface area contributed by atoms with E-state index in [9.17, 15) is 22.8 Å². The molecule has 0 atom stereocenters. The fourth-order valence-electron chi connectivity index (χ4n) is 2.43. The average molecular weight is 339 g/mol. The van der Waals surface area contributed by atoms with Crippen molar-refractivity contribution in [3.8, 4) is 0 Å². The third-order valence-electron chi connectivity index (χ3n) is 3.54. The molecule has 0 saturated carbocycles. The van der Waals surface area contributed by atoms with Crippen LogP contribution in [0.15, 0.2) is 24.5 Å². The Hall–Kier alpha value is -2.91. The summed E-state index contributed by atoms with van der Waals surface area (Å²) in [5.41, 5.74) is -1.17. The van der Waals surface area contributed by atoms with Crippen LogP contribution in [-0.4, -0.2) is 33.5 Å². The Bertz CT molecular complexity index is 773. The zero-order valence-electron chi connectivity index (χ0n) is 12.2. The molecule has 7 nitrogen and oxygen atoms in total. The van der Waals surface area contributed by atoms with E-state index in [2.05, 4.69) is 20.5 Å². The molecule has 0 spiro atoms. The number of benzene rings is 1. The largest absolute Gasteiger partial charge is 0.416 e. The second-order valence-electron chi connectivity index (χ2n) is 5.20. The summed E-state index contributed by atoms with van der Waals surface area (Å²) in [4.78, 5) is 28.9. The zero-order chi connectivity index (χ0) is 17.3. The van der Waals surface area contributed by atoms with E-state index in [-0.39, 0.29) is 29.5 Å². The second-order valence-corrected chi connectivity index (χ2v) is 5.20. The van der Waals surface area contributed by atoms with Crippen molar-refractivity contribution >= 4 is 23.5 Å². The first-order chi connectivity index (χ1) is 11.3. The van der Waals surface area contributed by atoms with Crippen molar-refractivity contribution < 1.29 is 22.8 Å². The van der Waals surface area contributed by atoms with Gasteiger partial charge in [-0.2, -0.15) is 23.3 Å². The van der Waals surface area contributed by atoms with Crippen molar-refractivity contribution in [2.75, 3.05) is 16.8 Å². The molecule has 24 heavy (non-hydrogen) atoms. The molecule has 10 heteroatoms. The number of hydrogen-bond acceptors (Lipinski definition) is 4. The first-order valence-corrected chi connectivity index (χ1v) is 7.04. The van der Waals surface area contributed by atoms with Crippen molar-refractivity contribution in [2.24, 2.45) is 0 Å². The highest BCUT2D eigenvalue weighted by Crippen LogP contribution is 2.34. The number of amides is 2. The maximum Gasteiger partial charge on any atom is 0.416 e. The Morgan fingerprint density at radius 3 is 2.67 bits per heavy atom. The molecule has 1 aromatic carbocycles. The van der Waals surface area contributed by atoms with Gasteiger partial charge in [0.1, 0.15) is 6.33 Å². The van der Waals surface area contributed by atoms with Gasteiger partial charge in [-0.05, 0) is 24.6 Å². The standard InChI is InChI=1S/C14H12F3N5O2/c15-14(16,17)9-4-8(12(24)20-13-18-7-19-21-13)5-10(6-9)22-3-1-2-11(22)23/h4-7H,1-3H2,(H2,18,19,20,21,24). The number of nitrogens with zero attached hydrogens (tertiary/aromatic N) is 3. The Labute approximate surface area is 133 Å². The lowest BCUT2D eigenvalue weighted by atomic mass is 10.1. The number of hydrogen-bond donors (Lipinski definition) is 2. The lowest BCUT2D eigenvalue weighted by Gasteiger charge is -2.19. The minimum absolute atomic E-state index is 0.0104. The maximum absolute atomic E-state index is 13.1. The SMILES string of the molecule is O=C(Nc1ncn[nH]1)c1cc(N2CCCC2=O)cc(C(F)(F)F)c1. The van der Waals surface area contributed by atoms with Gasteiger partial charge in [0.15, 0.2) is 0 Å². The molecule has 0 radical (unpaired) electrons. The van der Waals surface area contributed by atoms with Crippen LogP contribution in [0.4, 0.5) is 24.8 Å². The van der Waals surface area contributed by atoms with Crippen LogP contribution in [0.3, 0.4) is 0 Å². The molecule has 1 aliphatic rings. The van der Waals surface area contributed by atoms with Crippen molar-refractivity contribution in [1.29, 1.82) is 0 Å². The quantitative estimate of drug-likeness (QED) is 0.897. The predicted octanol–water partition coefficient (Wildman–Crippen LogP) is 2.20. The van der Waals surface area contributed by atoms with E-state index in [0.717, 1.165) is 18.5 Å². The molecule has 126 valence electrons. The van der Waals surface area contributed by atoms with Crippen LogP contribution in [0.1, 0.15) is 28.8 Å². The third kappa shape index (κ3) is 3.21. The molecule has 2 N–H and O–H groups in total. The highest BCUT2D eigenvalue weighted by molar-refractivity contribution is 6.05. The molecule has 2 aromatic rings. The molecule has 1 aliphatic heterocycles. The van der Waals surface area contributed by atoms with Crippen molar-refractivity contribution in [1.82, 2.24) is 15.2 Å². The van der Waals surface area contributed by atoms with E-state index in [4.69, 9.17) is 0 Å². The van der Waals surface area contributed by atoms with Gasteiger partial charge in [0.25, 0.3) is 5.91 Å². The van der Waals surface area contributed by atoms with E-state index in [1.807, 2.05) is 0 Å². The first-order valence-electron chi connectivity index (χ1n) is 7.04. The van der Waals surface area contributed by atoms with Crippen molar-refractivity contribution in [3.63, 3.8) is 0 Å². The van der Waals surface area contributed by atoms with Crippen LogP contribution in [0.5, 0.6) is 0 Å². The number of halogens is 3. The summed E-state index contributed by atoms with van der Waals surface area (Å²) in [6, 6.07) is 2.86. The van der Waals surface area contributed by atoms with Gasteiger partial charge < -0.3 is 4.90 Å². The summed E-state index contributed by atoms with van der Waals surface area (Å²) >= 11 is 0. The van der Waals surface area contributed by atoms with Gasteiger partial charge in [-0.3, -0.25) is 14.9 Å². The lowest BCUT2D eigenvalue weighted by molar-refractivity contribution is -0.137. The molecular weight excluding hydrogens is 327 g/mol. The van der Waals surface area contributed by atoms with Gasteiger partial charge in [-0.15, -0.1) is 0 Å². The highest BCUT2D eigenvalue weighted by Gasteiger charge is 2.33. The molecule has 3 rings (SSSR count). The molecule has 0 unspecified atom stereocenters. The van der Waals surface area contributed by atoms with E-state index in [1.54, 1.807) is 0 Å². The highest BCUT2D eigenvalue weighted by atomic mass is 19.4. The minimum atomic E-state index is -4.64. The number of carbonyl (C=O) groups excluding carboxylic acids is 2. The van der Waals surface area contributed by atoms with Crippen LogP contribution in [0, 0.1) is 0 Å². The average Bonchev–Trinajstić information content (AvgIpc) is 3.17. The normalized spacial score (nSPS) is 15.0. The number of aromatic amines is 1. The molecule has 0 bridgehead atoms. The smallest absolute Gasteiger partial charge is 0.312 e. The molecule has 1 fully saturated rings. The second kappa shape index (κ2) is 5.95. The van der Waals surface area contributed by atoms with Crippen LogP contribution >= 0.6 is 0 Å². The van der Waals surface area contributed by atoms with Gasteiger partial charge >= 0.3 is 6.18 Å². The molecule has 2 amide bonds. The number of H-pyrrole nitrogens is 1. The van der Waals surface area contributed by atoms with Crippen LogP contribution in [0.2, 0.25) is 0 Å². The Morgan fingerprint density at radius 2 is 2.08 bits per heavy atom. The Morgan fingerprint density at radius 1 is 1.29 bits per heavy atom. The fraction of sp³-hybridized carbons (Fsp3) is 0.286. The fourth-order valence-corrected chi connectivity index (χ4v) is 2.43. The van der Waals surface area contributed by atoms with E-state index in [1.165, 1.54) is 11.0 Å². The van der Waals surface area contributed by atoms with Crippen LogP contribution < -0.4 is 10.2 Å². The topological polar surface area (TPSA) is 91.0 Å². The molecule has 1 saturated heterocycles. The molecule has 2 heterocycles. The van der Waals surface area contributed by atoms with Gasteiger partial charge in [0.05, 0.1) is 5.56 Å². The van der Waals surface area contributed by atoms with Gasteiger partial charge in [0.2, 0.25) is 11.9 Å². The number of aromatic nitrogens is 3. The first kappa shape index (κ1) is 16.0. The van der Waals surface area contributed by atoms with E-state index in [0.29, 0.717) is 13.0 Å².